The lowest BCUT2D eigenvalue weighted by atomic mass is 9.70. The van der Waals surface area contributed by atoms with Crippen LogP contribution in [0.4, 0.5) is 34.1 Å². The summed E-state index contributed by atoms with van der Waals surface area (Å²) in [6.45, 7) is 0. The molecule has 2 aliphatic rings. The SMILES string of the molecule is c1ccc(N(c2cccc3c2oc2ccccc23)c2cc3c(c4c2oc2ccccc24)-c2c(cc(N(c4ccccc4)c4cccc5c4oc4ccccc45)c4c2oc2ccccc24)C32c3ccccc3-c3ccccc32)cc1. The average molecular weight is 1010 g/mol. The Bertz CT molecular complexity index is 5190. The van der Waals surface area contributed by atoms with E-state index in [0.29, 0.717) is 0 Å². The van der Waals surface area contributed by atoms with Crippen LogP contribution in [0.1, 0.15) is 22.3 Å². The number of para-hydroxylation sites is 8. The van der Waals surface area contributed by atoms with Gasteiger partial charge in [-0.3, -0.25) is 0 Å². The average Bonchev–Trinajstić information content (AvgIpc) is 4.52. The van der Waals surface area contributed by atoms with E-state index in [2.05, 4.69) is 252 Å². The van der Waals surface area contributed by atoms with Gasteiger partial charge in [-0.1, -0.05) is 182 Å². The van der Waals surface area contributed by atoms with E-state index in [4.69, 9.17) is 17.7 Å². The normalized spacial score (nSPS) is 13.2. The van der Waals surface area contributed by atoms with Crippen LogP contribution in [0.3, 0.4) is 0 Å². The summed E-state index contributed by atoms with van der Waals surface area (Å²) >= 11 is 0. The van der Waals surface area contributed by atoms with Crippen LogP contribution < -0.4 is 9.80 Å². The maximum Gasteiger partial charge on any atom is 0.160 e. The predicted octanol–water partition coefficient (Wildman–Crippen LogP) is 20.6. The molecule has 0 atom stereocenters. The first-order chi connectivity index (χ1) is 39.2. The number of rotatable bonds is 6. The molecule has 12 aromatic carbocycles. The van der Waals surface area contributed by atoms with Crippen LogP contribution in [0, 0.1) is 0 Å². The molecule has 0 saturated carbocycles. The van der Waals surface area contributed by atoms with Gasteiger partial charge in [0.2, 0.25) is 0 Å². The molecule has 0 saturated heterocycles. The molecule has 0 fully saturated rings. The van der Waals surface area contributed by atoms with Crippen molar-refractivity contribution in [3.05, 3.63) is 277 Å². The fourth-order valence-electron chi connectivity index (χ4n) is 14.0. The number of benzene rings is 12. The maximum atomic E-state index is 7.56. The van der Waals surface area contributed by atoms with E-state index in [1.165, 1.54) is 22.3 Å². The molecule has 2 aliphatic carbocycles. The topological polar surface area (TPSA) is 59.0 Å². The van der Waals surface area contributed by atoms with Crippen molar-refractivity contribution in [3.8, 4) is 22.3 Å². The van der Waals surface area contributed by atoms with Gasteiger partial charge >= 0.3 is 0 Å². The Morgan fingerprint density at radius 3 is 1.20 bits per heavy atom. The van der Waals surface area contributed by atoms with Gasteiger partial charge in [-0.2, -0.15) is 0 Å². The lowest BCUT2D eigenvalue weighted by Gasteiger charge is -2.33. The van der Waals surface area contributed by atoms with Crippen molar-refractivity contribution in [2.45, 2.75) is 5.41 Å². The molecule has 6 nitrogen and oxygen atoms in total. The number of furan rings is 4. The van der Waals surface area contributed by atoms with Gasteiger partial charge in [0, 0.05) is 60.2 Å². The van der Waals surface area contributed by atoms with Gasteiger partial charge in [0.05, 0.1) is 33.6 Å². The number of anilines is 6. The van der Waals surface area contributed by atoms with Crippen molar-refractivity contribution < 1.29 is 17.7 Å². The van der Waals surface area contributed by atoms with Crippen LogP contribution >= 0.6 is 0 Å². The van der Waals surface area contributed by atoms with Crippen molar-refractivity contribution in [1.29, 1.82) is 0 Å². The minimum atomic E-state index is -0.872. The molecule has 0 bridgehead atoms. The zero-order chi connectivity index (χ0) is 51.5. The molecule has 368 valence electrons. The summed E-state index contributed by atoms with van der Waals surface area (Å²) in [6, 6.07) is 91.0. The van der Waals surface area contributed by atoms with Gasteiger partial charge in [-0.05, 0) is 106 Å². The number of nitrogens with zero attached hydrogens (tertiary/aromatic N) is 2. The van der Waals surface area contributed by atoms with Gasteiger partial charge in [0.25, 0.3) is 0 Å². The van der Waals surface area contributed by atoms with E-state index in [1.54, 1.807) is 0 Å². The van der Waals surface area contributed by atoms with E-state index in [1.807, 2.05) is 12.1 Å². The van der Waals surface area contributed by atoms with Crippen molar-refractivity contribution in [2.24, 2.45) is 0 Å². The third kappa shape index (κ3) is 5.58. The molecule has 79 heavy (non-hydrogen) atoms. The minimum Gasteiger partial charge on any atom is -0.455 e. The molecule has 0 unspecified atom stereocenters. The fraction of sp³-hybridized carbons (Fsp3) is 0.0137. The Balaban J connectivity index is 1.05. The third-order valence-corrected chi connectivity index (χ3v) is 17.0. The zero-order valence-electron chi connectivity index (χ0n) is 42.3. The molecule has 6 heteroatoms. The van der Waals surface area contributed by atoms with E-state index in [9.17, 15) is 0 Å². The second-order valence-electron chi connectivity index (χ2n) is 20.9. The lowest BCUT2D eigenvalue weighted by molar-refractivity contribution is 0.666. The highest BCUT2D eigenvalue weighted by Gasteiger charge is 2.54. The first kappa shape index (κ1) is 42.6. The first-order valence-electron chi connectivity index (χ1n) is 26.9. The second kappa shape index (κ2) is 15.8. The van der Waals surface area contributed by atoms with Crippen LogP contribution in [0.15, 0.2) is 272 Å². The summed E-state index contributed by atoms with van der Waals surface area (Å²) in [5, 5.41) is 8.28. The van der Waals surface area contributed by atoms with Crippen LogP contribution in [0.2, 0.25) is 0 Å². The standard InChI is InChI=1S/C73H42N2O4/c1-3-21-43(22-4-1)74(57-35-19-31-49-47-27-9-15-37-61(47)76-69(49)57)59-41-56-68(72-65(59)51-29-11-17-39-63(51)79-72)67-55(73(56)53-33-13-7-25-45(53)46-26-8-14-34-54(46)73)42-60(71-66(67)52-30-12-18-40-64(52)78-71)75(44-23-5-2-6-24-44)58-36-20-32-50-48-28-10-16-38-62(48)77-70(50)58/h1-42H. The summed E-state index contributed by atoms with van der Waals surface area (Å²) in [5.41, 5.74) is 20.4. The van der Waals surface area contributed by atoms with Crippen LogP contribution in [-0.2, 0) is 5.41 Å². The highest BCUT2D eigenvalue weighted by atomic mass is 16.3. The number of hydrogen-bond donors (Lipinski definition) is 0. The third-order valence-electron chi connectivity index (χ3n) is 17.0. The van der Waals surface area contributed by atoms with Crippen LogP contribution in [-0.4, -0.2) is 0 Å². The summed E-state index contributed by atoms with van der Waals surface area (Å²) in [7, 11) is 0. The summed E-state index contributed by atoms with van der Waals surface area (Å²) in [6.07, 6.45) is 0. The molecule has 16 aromatic rings. The van der Waals surface area contributed by atoms with E-state index < -0.39 is 5.41 Å². The molecule has 4 aromatic heterocycles. The lowest BCUT2D eigenvalue weighted by Crippen LogP contribution is -2.26. The molecule has 0 radical (unpaired) electrons. The van der Waals surface area contributed by atoms with Gasteiger partial charge in [0.1, 0.15) is 27.9 Å². The predicted molar refractivity (Wildman–Crippen MR) is 321 cm³/mol. The Hall–Kier alpha value is -10.6. The van der Waals surface area contributed by atoms with Crippen molar-refractivity contribution in [2.75, 3.05) is 9.80 Å². The largest absolute Gasteiger partial charge is 0.455 e. The van der Waals surface area contributed by atoms with Gasteiger partial charge in [-0.25, -0.2) is 0 Å². The molecule has 0 aliphatic heterocycles. The van der Waals surface area contributed by atoms with Gasteiger partial charge in [-0.15, -0.1) is 0 Å². The number of fused-ring (bicyclic) bond motifs is 24. The highest BCUT2D eigenvalue weighted by molar-refractivity contribution is 6.27. The number of hydrogen-bond acceptors (Lipinski definition) is 6. The van der Waals surface area contributed by atoms with Gasteiger partial charge < -0.3 is 27.5 Å². The molecule has 4 heterocycles. The summed E-state index contributed by atoms with van der Waals surface area (Å²) < 4.78 is 28.9. The quantitative estimate of drug-likeness (QED) is 0.165. The maximum absolute atomic E-state index is 7.56. The Morgan fingerprint density at radius 2 is 0.646 bits per heavy atom. The van der Waals surface area contributed by atoms with Crippen LogP contribution in [0.25, 0.3) is 110 Å². The van der Waals surface area contributed by atoms with E-state index in [0.717, 1.165) is 144 Å². The molecular formula is C73H42N2O4. The Labute approximate surface area is 451 Å². The smallest absolute Gasteiger partial charge is 0.160 e. The van der Waals surface area contributed by atoms with E-state index >= 15 is 0 Å². The molecular weight excluding hydrogens is 969 g/mol. The van der Waals surface area contributed by atoms with Crippen molar-refractivity contribution in [3.63, 3.8) is 0 Å². The summed E-state index contributed by atoms with van der Waals surface area (Å²) in [4.78, 5) is 4.75. The summed E-state index contributed by atoms with van der Waals surface area (Å²) in [5.74, 6) is 0. The van der Waals surface area contributed by atoms with E-state index in [-0.39, 0.29) is 0 Å². The molecule has 1 spiro atoms. The zero-order valence-corrected chi connectivity index (χ0v) is 42.3. The monoisotopic (exact) mass is 1010 g/mol. The van der Waals surface area contributed by atoms with Crippen LogP contribution in [0.5, 0.6) is 0 Å². The minimum absolute atomic E-state index is 0.760. The first-order valence-corrected chi connectivity index (χ1v) is 26.9. The molecule has 18 rings (SSSR count). The molecule has 0 amide bonds. The Morgan fingerprint density at radius 1 is 0.253 bits per heavy atom. The van der Waals surface area contributed by atoms with Crippen molar-refractivity contribution in [1.82, 2.24) is 0 Å². The Kier molecular flexibility index (Phi) is 8.51. The van der Waals surface area contributed by atoms with Gasteiger partial charge in [0.15, 0.2) is 16.7 Å². The van der Waals surface area contributed by atoms with Crippen molar-refractivity contribution >= 4 is 122 Å². The second-order valence-corrected chi connectivity index (χ2v) is 20.9. The fourth-order valence-corrected chi connectivity index (χ4v) is 14.0. The molecule has 0 N–H and O–H groups in total. The highest BCUT2D eigenvalue weighted by Crippen LogP contribution is 2.68.